The minimum Gasteiger partial charge on any atom is -0.399 e. The number of aromatic nitrogens is 8. The van der Waals surface area contributed by atoms with Crippen LogP contribution < -0.4 is 28.0 Å². The third kappa shape index (κ3) is 20.9. The van der Waals surface area contributed by atoms with E-state index >= 15 is 0 Å². The Hall–Kier alpha value is -8.85. The second-order valence-corrected chi connectivity index (χ2v) is 29.9. The smallest absolute Gasteiger partial charge is 0.399 e. The fourth-order valence-corrected chi connectivity index (χ4v) is 12.9. The number of hydrogen-bond donors (Lipinski definition) is 4. The van der Waals surface area contributed by atoms with Gasteiger partial charge in [-0.2, -0.15) is 0 Å². The maximum Gasteiger partial charge on any atom is 0.498 e. The molecule has 14 rings (SSSR count). The Balaban J connectivity index is 0.000000156. The van der Waals surface area contributed by atoms with Crippen LogP contribution in [-0.4, -0.2) is 74.9 Å². The van der Waals surface area contributed by atoms with Crippen LogP contribution in [-0.2, 0) is 14.1 Å². The molecule has 0 aliphatic carbocycles. The summed E-state index contributed by atoms with van der Waals surface area (Å²) in [5, 5.41) is 4.18. The van der Waals surface area contributed by atoms with Gasteiger partial charge in [0, 0.05) is 50.3 Å². The van der Waals surface area contributed by atoms with Gasteiger partial charge in [0.15, 0.2) is 10.5 Å². The van der Waals surface area contributed by atoms with Crippen LogP contribution >= 0.6 is 88.8 Å². The maximum atomic E-state index is 13.7. The number of pyridine rings is 2. The number of amides is 1. The van der Waals surface area contributed by atoms with Crippen LogP contribution in [0, 0.1) is 55.9 Å². The van der Waals surface area contributed by atoms with Crippen LogP contribution in [0.1, 0.15) is 91.4 Å². The van der Waals surface area contributed by atoms with Crippen molar-refractivity contribution in [2.45, 2.75) is 93.0 Å². The summed E-state index contributed by atoms with van der Waals surface area (Å²) in [6.07, 6.45) is 6.67. The lowest BCUT2D eigenvalue weighted by atomic mass is 9.81. The minimum atomic E-state index is -1.12. The number of carbonyl (C=O) groups is 2. The van der Waals surface area contributed by atoms with Gasteiger partial charge in [0.25, 0.3) is 11.1 Å². The van der Waals surface area contributed by atoms with Crippen molar-refractivity contribution >= 4 is 176 Å². The first-order chi connectivity index (χ1) is 47.7. The molecule has 1 aliphatic rings. The Bertz CT molecular complexity index is 4940. The molecular formula is C70H65BBr2ClF4N13O6S4. The predicted molar refractivity (Wildman–Crippen MR) is 408 cm³/mol. The Morgan fingerprint density at radius 2 is 1.01 bits per heavy atom. The first kappa shape index (κ1) is 77.9. The zero-order chi connectivity index (χ0) is 73.7. The Kier molecular flexibility index (Phi) is 26.4. The third-order valence-corrected chi connectivity index (χ3v) is 20.1. The molecule has 13 aromatic rings. The number of halogens is 7. The molecule has 0 saturated carbocycles. The highest BCUT2D eigenvalue weighted by Crippen LogP contribution is 2.37. The van der Waals surface area contributed by atoms with E-state index in [9.17, 15) is 32.1 Å². The predicted octanol–water partition coefficient (Wildman–Crippen LogP) is 18.9. The second-order valence-electron chi connectivity index (χ2n) is 24.1. The number of nitrogens with zero attached hydrogens (tertiary/aromatic N) is 9. The number of nitrogens with one attached hydrogen (secondary N) is 1. The highest BCUT2D eigenvalue weighted by atomic mass is 79.9. The number of carbonyl (C=O) groups excluding carboxylic acids is 2. The van der Waals surface area contributed by atoms with E-state index in [1.54, 1.807) is 97.2 Å². The average Bonchev–Trinajstić information content (AvgIpc) is 1.65. The molecule has 0 radical (unpaired) electrons. The van der Waals surface area contributed by atoms with E-state index in [0.29, 0.717) is 10.9 Å². The molecule has 101 heavy (non-hydrogen) atoms. The lowest BCUT2D eigenvalue weighted by Gasteiger charge is -2.32. The normalized spacial score (nSPS) is 12.6. The van der Waals surface area contributed by atoms with Gasteiger partial charge in [0.1, 0.15) is 51.6 Å². The molecule has 7 N–H and O–H groups in total. The molecule has 6 aromatic carbocycles. The summed E-state index contributed by atoms with van der Waals surface area (Å²) < 4.78 is 71.2. The molecule has 7 aromatic heterocycles. The quantitative estimate of drug-likeness (QED) is 0.0379. The summed E-state index contributed by atoms with van der Waals surface area (Å²) in [6, 6.07) is 30.2. The number of aryl methyl sites for hydroxylation is 4. The van der Waals surface area contributed by atoms with E-state index in [1.807, 2.05) is 69.9 Å². The molecule has 0 bridgehead atoms. The Labute approximate surface area is 616 Å². The average molecular weight is 1590 g/mol. The summed E-state index contributed by atoms with van der Waals surface area (Å²) in [5.74, 6) is -3.60. The molecule has 19 nitrogen and oxygen atoms in total. The number of rotatable bonds is 7. The molecule has 1 amide bonds. The van der Waals surface area contributed by atoms with Crippen molar-refractivity contribution in [2.75, 3.05) is 22.5 Å². The summed E-state index contributed by atoms with van der Waals surface area (Å²) >= 11 is 18.2. The monoisotopic (exact) mass is 1590 g/mol. The fourth-order valence-electron chi connectivity index (χ4n) is 9.01. The lowest BCUT2D eigenvalue weighted by Crippen LogP contribution is -2.41. The largest absolute Gasteiger partial charge is 0.498 e. The van der Waals surface area contributed by atoms with Gasteiger partial charge in [0.05, 0.1) is 68.6 Å². The summed E-state index contributed by atoms with van der Waals surface area (Å²) in [4.78, 5) is 69.4. The molecule has 8 heterocycles. The fraction of sp³-hybridized carbons (Fsp3) is 0.200. The first-order valence-corrected chi connectivity index (χ1v) is 35.6. The van der Waals surface area contributed by atoms with Crippen LogP contribution in [0.4, 0.5) is 40.3 Å². The van der Waals surface area contributed by atoms with Gasteiger partial charge in [-0.05, 0) is 218 Å². The molecule has 1 fully saturated rings. The van der Waals surface area contributed by atoms with Gasteiger partial charge in [-0.25, -0.2) is 57.4 Å². The van der Waals surface area contributed by atoms with Crippen molar-refractivity contribution in [3.8, 4) is 22.3 Å². The van der Waals surface area contributed by atoms with Crippen LogP contribution in [0.3, 0.4) is 0 Å². The van der Waals surface area contributed by atoms with Crippen LogP contribution in [0.2, 0.25) is 0 Å². The van der Waals surface area contributed by atoms with Gasteiger partial charge in [-0.3, -0.25) is 9.59 Å². The molecular weight excluding hydrogens is 1530 g/mol. The van der Waals surface area contributed by atoms with Crippen molar-refractivity contribution in [3.63, 3.8) is 0 Å². The van der Waals surface area contributed by atoms with Gasteiger partial charge in [0.2, 0.25) is 5.95 Å². The van der Waals surface area contributed by atoms with Gasteiger partial charge >= 0.3 is 7.12 Å². The number of thiazole rings is 4. The zero-order valence-electron chi connectivity index (χ0n) is 56.0. The number of nitrogen functional groups attached to an aromatic ring is 3. The second kappa shape index (κ2) is 34.2. The van der Waals surface area contributed by atoms with E-state index in [1.165, 1.54) is 43.5 Å². The minimum absolute atomic E-state index is 0.207. The van der Waals surface area contributed by atoms with Crippen molar-refractivity contribution in [1.82, 2.24) is 39.9 Å². The lowest BCUT2D eigenvalue weighted by molar-refractivity contribution is -0.00231. The summed E-state index contributed by atoms with van der Waals surface area (Å²) in [5.41, 5.74) is 33.3. The molecule has 1 saturated heterocycles. The van der Waals surface area contributed by atoms with E-state index in [2.05, 4.69) is 144 Å². The highest BCUT2D eigenvalue weighted by molar-refractivity contribution is 9.10. The summed E-state index contributed by atoms with van der Waals surface area (Å²) in [6.45, 7) is 21.5. The molecule has 0 atom stereocenters. The number of benzene rings is 6. The van der Waals surface area contributed by atoms with E-state index in [4.69, 9.17) is 38.1 Å². The van der Waals surface area contributed by atoms with Crippen molar-refractivity contribution in [3.05, 3.63) is 221 Å². The molecule has 1 aliphatic heterocycles. The van der Waals surface area contributed by atoms with Crippen molar-refractivity contribution in [1.29, 1.82) is 0 Å². The van der Waals surface area contributed by atoms with Crippen molar-refractivity contribution in [2.24, 2.45) is 5.34 Å². The Morgan fingerprint density at radius 1 is 0.574 bits per heavy atom. The number of hydrogen-bond acceptors (Lipinski definition) is 22. The highest BCUT2D eigenvalue weighted by Gasteiger charge is 2.52. The molecule has 0 unspecified atom stereocenters. The van der Waals surface area contributed by atoms with E-state index < -0.39 is 58.3 Å². The zero-order valence-corrected chi connectivity index (χ0v) is 63.2. The molecule has 31 heteroatoms. The van der Waals surface area contributed by atoms with E-state index in [-0.39, 0.29) is 23.0 Å². The van der Waals surface area contributed by atoms with Gasteiger partial charge < -0.3 is 36.7 Å². The van der Waals surface area contributed by atoms with Gasteiger partial charge in [-0.15, -0.1) is 38.9 Å². The molecule has 522 valence electrons. The standard InChI is InChI=1S/C20H13F2N3OS.C13H11N3S.C10H16BN3O2.C8H7BrN2S.C8H6BrNS.C7H3ClF2O.C4H9NO2/c1-11-7-17-16(24-10-27-17)8-13(11)12-5-6-18(23-9-12)25-20(26)19-14(21)3-2-4-15(19)22;1-8-4-12-11(16-7-17-12)5-10(8)9-2-3-13(14)15-6-9;1-9(2)10(3,4)16-11(15-9)7-5-13-8(12)14-6-7;1-4-2-7-6(3-5(4)9)11-8(10)12-7;1-5-2-8-7(3-6(5)9)10-4-11-8;8-7(11)6-4(9)2-1-3-5(6)10;1-4(2,3)7-5-6/h2-10H,1H3,(H,23,25,26);2-7H,1H3,(H2,14,15);5-6H,1-4H3,(H2,12,13,14);2-3H,1H3,(H2,10,11);2-4H,1H3;1-3H;1-3H3. The first-order valence-electron chi connectivity index (χ1n) is 30.2. The third-order valence-electron chi connectivity index (χ3n) is 14.9. The van der Waals surface area contributed by atoms with Crippen LogP contribution in [0.5, 0.6) is 0 Å². The Morgan fingerprint density at radius 3 is 1.43 bits per heavy atom. The van der Waals surface area contributed by atoms with Crippen LogP contribution in [0.25, 0.3) is 63.1 Å². The SMILES string of the molecule is CC(C)(C)ON=O.CC1(C)OB(c2cnc(N)nc2)OC1(C)C.Cc1cc2sc(N)nc2cc1Br.Cc1cc2scnc2cc1-c1ccc(N)nc1.Cc1cc2scnc2cc1-c1ccc(NC(=O)c2c(F)cccc2F)nc1.Cc1cc2scnc2cc1Br.O=C(Cl)c1c(F)cccc1F. The maximum absolute atomic E-state index is 13.7. The topological polar surface area (TPSA) is 284 Å². The summed E-state index contributed by atoms with van der Waals surface area (Å²) in [7, 11) is -0.425. The molecule has 0 spiro atoms. The number of nitrogens with two attached hydrogens (primary N) is 3. The van der Waals surface area contributed by atoms with Gasteiger partial charge in [-0.1, -0.05) is 55.3 Å². The van der Waals surface area contributed by atoms with Crippen molar-refractivity contribution < 1.29 is 41.3 Å². The number of anilines is 4. The van der Waals surface area contributed by atoms with Crippen LogP contribution in [0.15, 0.2) is 165 Å². The van der Waals surface area contributed by atoms with E-state index in [0.717, 1.165) is 104 Å². The number of fused-ring (bicyclic) bond motifs is 4.